The molecule has 4 rings (SSSR count). The molecule has 1 aliphatic carbocycles. The van der Waals surface area contributed by atoms with E-state index in [4.69, 9.17) is 4.74 Å². The van der Waals surface area contributed by atoms with Crippen molar-refractivity contribution in [2.24, 2.45) is 0 Å². The number of pyridine rings is 1. The van der Waals surface area contributed by atoms with Crippen LogP contribution in [0.15, 0.2) is 41.4 Å². The Morgan fingerprint density at radius 3 is 2.48 bits per heavy atom. The highest BCUT2D eigenvalue weighted by atomic mass is 32.2. The molecule has 1 N–H and O–H groups in total. The highest BCUT2D eigenvalue weighted by Crippen LogP contribution is 2.35. The van der Waals surface area contributed by atoms with Crippen LogP contribution in [-0.2, 0) is 16.2 Å². The number of nitrogens with one attached hydrogen (secondary N) is 1. The number of nitrogens with zero attached hydrogens (tertiary/aromatic N) is 2. The van der Waals surface area contributed by atoms with Gasteiger partial charge in [-0.3, -0.25) is 9.10 Å². The molecular weight excluding hydrogens is 435 g/mol. The van der Waals surface area contributed by atoms with Gasteiger partial charge in [0, 0.05) is 12.2 Å². The molecule has 2 aromatic rings. The van der Waals surface area contributed by atoms with E-state index in [0.717, 1.165) is 54.3 Å². The third-order valence-electron chi connectivity index (χ3n) is 5.36. The van der Waals surface area contributed by atoms with Crippen LogP contribution in [0.5, 0.6) is 5.88 Å². The maximum absolute atomic E-state index is 13.1. The van der Waals surface area contributed by atoms with Crippen LogP contribution in [-0.4, -0.2) is 38.5 Å². The lowest BCUT2D eigenvalue weighted by Gasteiger charge is -2.30. The molecule has 1 amide bonds. The molecule has 1 aromatic heterocycles. The van der Waals surface area contributed by atoms with Crippen LogP contribution in [0.4, 0.5) is 18.9 Å². The van der Waals surface area contributed by atoms with E-state index in [2.05, 4.69) is 10.3 Å². The Labute approximate surface area is 177 Å². The summed E-state index contributed by atoms with van der Waals surface area (Å²) >= 11 is 0. The number of benzene rings is 1. The van der Waals surface area contributed by atoms with E-state index in [1.807, 2.05) is 0 Å². The van der Waals surface area contributed by atoms with Gasteiger partial charge in [-0.2, -0.15) is 13.2 Å². The maximum Gasteiger partial charge on any atom is 0.416 e. The van der Waals surface area contributed by atoms with Gasteiger partial charge in [-0.15, -0.1) is 0 Å². The number of rotatable bonds is 4. The monoisotopic (exact) mass is 455 g/mol. The van der Waals surface area contributed by atoms with Crippen molar-refractivity contribution in [1.29, 1.82) is 0 Å². The molecular formula is C20H20F3N3O4S. The van der Waals surface area contributed by atoms with Crippen LogP contribution < -0.4 is 14.4 Å². The van der Waals surface area contributed by atoms with E-state index in [1.54, 1.807) is 0 Å². The minimum absolute atomic E-state index is 0.0213. The number of hydrogen-bond donors (Lipinski definition) is 1. The molecule has 31 heavy (non-hydrogen) atoms. The number of alkyl halides is 3. The molecule has 2 heterocycles. The Balaban J connectivity index is 1.64. The second-order valence-corrected chi connectivity index (χ2v) is 9.31. The normalized spacial score (nSPS) is 17.2. The number of hydrogen-bond acceptors (Lipinski definition) is 5. The molecule has 1 saturated carbocycles. The molecule has 0 spiro atoms. The van der Waals surface area contributed by atoms with E-state index in [-0.39, 0.29) is 47.1 Å². The lowest BCUT2D eigenvalue weighted by atomic mass is 10.2. The minimum Gasteiger partial charge on any atom is -0.474 e. The summed E-state index contributed by atoms with van der Waals surface area (Å²) in [7, 11) is -4.19. The van der Waals surface area contributed by atoms with Crippen molar-refractivity contribution in [3.63, 3.8) is 0 Å². The first-order valence-corrected chi connectivity index (χ1v) is 11.2. The van der Waals surface area contributed by atoms with Gasteiger partial charge < -0.3 is 10.1 Å². The summed E-state index contributed by atoms with van der Waals surface area (Å²) in [5.74, 6) is -0.321. The summed E-state index contributed by atoms with van der Waals surface area (Å²) in [6, 6.07) is 4.73. The molecule has 0 radical (unpaired) electrons. The number of carbonyl (C=O) groups is 1. The summed E-state index contributed by atoms with van der Waals surface area (Å²) in [5, 5.41) is 2.91. The number of anilines is 1. The third kappa shape index (κ3) is 4.32. The van der Waals surface area contributed by atoms with Gasteiger partial charge in [0.2, 0.25) is 5.88 Å². The average molecular weight is 455 g/mol. The van der Waals surface area contributed by atoms with Gasteiger partial charge in [0.1, 0.15) is 12.3 Å². The fourth-order valence-corrected chi connectivity index (χ4v) is 5.17. The van der Waals surface area contributed by atoms with Crippen molar-refractivity contribution < 1.29 is 31.1 Å². The lowest BCUT2D eigenvalue weighted by molar-refractivity contribution is -0.137. The fraction of sp³-hybridized carbons (Fsp3) is 0.400. The van der Waals surface area contributed by atoms with Crippen LogP contribution in [0.1, 0.15) is 41.6 Å². The molecule has 166 valence electrons. The maximum atomic E-state index is 13.1. The highest BCUT2D eigenvalue weighted by Gasteiger charge is 2.34. The van der Waals surface area contributed by atoms with Crippen molar-refractivity contribution in [2.75, 3.05) is 17.5 Å². The zero-order valence-corrected chi connectivity index (χ0v) is 17.2. The smallest absolute Gasteiger partial charge is 0.416 e. The highest BCUT2D eigenvalue weighted by molar-refractivity contribution is 7.92. The predicted octanol–water partition coefficient (Wildman–Crippen LogP) is 3.36. The van der Waals surface area contributed by atoms with Crippen LogP contribution in [0.25, 0.3) is 0 Å². The first-order chi connectivity index (χ1) is 14.7. The third-order valence-corrected chi connectivity index (χ3v) is 7.18. The van der Waals surface area contributed by atoms with Gasteiger partial charge in [0.25, 0.3) is 15.9 Å². The Morgan fingerprint density at radius 1 is 1.16 bits per heavy atom. The molecule has 0 bridgehead atoms. The number of halogens is 3. The summed E-state index contributed by atoms with van der Waals surface area (Å²) in [4.78, 5) is 16.4. The van der Waals surface area contributed by atoms with E-state index in [9.17, 15) is 26.4 Å². The fourth-order valence-electron chi connectivity index (χ4n) is 3.73. The number of fused-ring (bicyclic) bond motifs is 1. The van der Waals surface area contributed by atoms with Gasteiger partial charge in [0.15, 0.2) is 0 Å². The van der Waals surface area contributed by atoms with E-state index < -0.39 is 21.8 Å². The van der Waals surface area contributed by atoms with Crippen molar-refractivity contribution in [2.45, 2.75) is 42.8 Å². The second-order valence-electron chi connectivity index (χ2n) is 7.45. The largest absolute Gasteiger partial charge is 0.474 e. The number of carbonyl (C=O) groups excluding carboxylic acids is 1. The van der Waals surface area contributed by atoms with Crippen molar-refractivity contribution in [3.8, 4) is 5.88 Å². The average Bonchev–Trinajstić information content (AvgIpc) is 3.25. The Kier molecular flexibility index (Phi) is 5.54. The molecule has 11 heteroatoms. The van der Waals surface area contributed by atoms with Gasteiger partial charge >= 0.3 is 6.18 Å². The number of amides is 1. The zero-order chi connectivity index (χ0) is 22.2. The van der Waals surface area contributed by atoms with Crippen LogP contribution in [0.3, 0.4) is 0 Å². The van der Waals surface area contributed by atoms with Crippen LogP contribution in [0, 0.1) is 0 Å². The number of ether oxygens (including phenoxy) is 1. The summed E-state index contributed by atoms with van der Waals surface area (Å²) in [5.41, 5.74) is -0.685. The van der Waals surface area contributed by atoms with Crippen LogP contribution in [0.2, 0.25) is 0 Å². The first kappa shape index (κ1) is 21.4. The van der Waals surface area contributed by atoms with Gasteiger partial charge in [0.05, 0.1) is 22.6 Å². The van der Waals surface area contributed by atoms with Crippen molar-refractivity contribution in [3.05, 3.63) is 47.7 Å². The Bertz CT molecular complexity index is 1080. The SMILES string of the molecule is O=C(NC1CCCC1)c1cnc2c(c1)N(S(=O)(=O)c1ccc(C(F)(F)F)cc1)CCO2. The summed E-state index contributed by atoms with van der Waals surface area (Å²) in [6.07, 6.45) is 0.612. The molecule has 0 unspecified atom stereocenters. The van der Waals surface area contributed by atoms with Gasteiger partial charge in [-0.25, -0.2) is 13.4 Å². The van der Waals surface area contributed by atoms with E-state index in [1.165, 1.54) is 12.3 Å². The quantitative estimate of drug-likeness (QED) is 0.764. The number of aromatic nitrogens is 1. The van der Waals surface area contributed by atoms with Gasteiger partial charge in [-0.05, 0) is 43.2 Å². The lowest BCUT2D eigenvalue weighted by Crippen LogP contribution is -2.39. The Hall–Kier alpha value is -2.82. The molecule has 2 aliphatic rings. The standard InChI is InChI=1S/C20H20F3N3O4S/c21-20(22,23)14-5-7-16(8-6-14)31(28,29)26-9-10-30-19-17(26)11-13(12-24-19)18(27)25-15-3-1-2-4-15/h5-8,11-12,15H,1-4,9-10H2,(H,25,27). The van der Waals surface area contributed by atoms with Gasteiger partial charge in [-0.1, -0.05) is 12.8 Å². The second kappa shape index (κ2) is 8.03. The Morgan fingerprint density at radius 2 is 1.84 bits per heavy atom. The topological polar surface area (TPSA) is 88.6 Å². The molecule has 0 atom stereocenters. The number of sulfonamides is 1. The van der Waals surface area contributed by atoms with E-state index >= 15 is 0 Å². The van der Waals surface area contributed by atoms with Crippen molar-refractivity contribution >= 4 is 21.6 Å². The van der Waals surface area contributed by atoms with Crippen LogP contribution >= 0.6 is 0 Å². The zero-order valence-electron chi connectivity index (χ0n) is 16.4. The molecule has 1 aliphatic heterocycles. The first-order valence-electron chi connectivity index (χ1n) is 9.80. The summed E-state index contributed by atoms with van der Waals surface area (Å²) in [6.45, 7) is -0.0424. The van der Waals surface area contributed by atoms with E-state index in [0.29, 0.717) is 0 Å². The summed E-state index contributed by atoms with van der Waals surface area (Å²) < 4.78 is 71.1. The minimum atomic E-state index is -4.57. The van der Waals surface area contributed by atoms with Crippen molar-refractivity contribution in [1.82, 2.24) is 10.3 Å². The molecule has 7 nitrogen and oxygen atoms in total. The predicted molar refractivity (Wildman–Crippen MR) is 105 cm³/mol. The molecule has 1 aromatic carbocycles. The molecule has 1 fully saturated rings. The molecule has 0 saturated heterocycles.